The molecule has 1 amide bonds. The summed E-state index contributed by atoms with van der Waals surface area (Å²) >= 11 is 0. The van der Waals surface area contributed by atoms with Crippen LogP contribution in [0.1, 0.15) is 22.1 Å². The van der Waals surface area contributed by atoms with E-state index in [0.717, 1.165) is 28.4 Å². The molecular formula is C23H20N2O4. The highest BCUT2D eigenvalue weighted by Gasteiger charge is 2.34. The first-order chi connectivity index (χ1) is 14.2. The highest BCUT2D eigenvalue weighted by Crippen LogP contribution is 2.40. The van der Waals surface area contributed by atoms with Crippen molar-refractivity contribution in [3.8, 4) is 17.2 Å². The van der Waals surface area contributed by atoms with Gasteiger partial charge in [-0.1, -0.05) is 18.2 Å². The zero-order valence-corrected chi connectivity index (χ0v) is 15.9. The standard InChI is InChI=1S/C23H20N2O4/c1-27-17-9-7-16(8-10-17)25-22(24-19-5-3-2-4-18(19)23(25)26)15-6-11-20-21(14-15)29-13-12-28-20/h2-11,14,22,24H,12-13H2,1H3. The second kappa shape index (κ2) is 7.05. The Balaban J connectivity index is 1.61. The molecule has 2 heterocycles. The molecular weight excluding hydrogens is 368 g/mol. The smallest absolute Gasteiger partial charge is 0.262 e. The molecule has 0 fully saturated rings. The fourth-order valence-electron chi connectivity index (χ4n) is 3.73. The molecule has 0 aromatic heterocycles. The number of nitrogens with one attached hydrogen (secondary N) is 1. The summed E-state index contributed by atoms with van der Waals surface area (Å²) in [5, 5.41) is 3.51. The van der Waals surface area contributed by atoms with E-state index >= 15 is 0 Å². The third-order valence-corrected chi connectivity index (χ3v) is 5.16. The van der Waals surface area contributed by atoms with Gasteiger partial charge in [0.05, 0.1) is 12.7 Å². The lowest BCUT2D eigenvalue weighted by Crippen LogP contribution is -2.43. The molecule has 3 aromatic rings. The maximum absolute atomic E-state index is 13.4. The van der Waals surface area contributed by atoms with E-state index in [-0.39, 0.29) is 12.1 Å². The van der Waals surface area contributed by atoms with E-state index in [2.05, 4.69) is 5.32 Å². The van der Waals surface area contributed by atoms with Crippen LogP contribution in [0.5, 0.6) is 17.2 Å². The van der Waals surface area contributed by atoms with Crippen LogP contribution in [-0.2, 0) is 0 Å². The van der Waals surface area contributed by atoms with Crippen molar-refractivity contribution in [3.63, 3.8) is 0 Å². The maximum atomic E-state index is 13.4. The fourth-order valence-corrected chi connectivity index (χ4v) is 3.73. The Labute approximate surface area is 168 Å². The van der Waals surface area contributed by atoms with Gasteiger partial charge in [0.25, 0.3) is 5.91 Å². The highest BCUT2D eigenvalue weighted by atomic mass is 16.6. The van der Waals surface area contributed by atoms with Crippen molar-refractivity contribution in [2.75, 3.05) is 30.5 Å². The highest BCUT2D eigenvalue weighted by molar-refractivity contribution is 6.12. The van der Waals surface area contributed by atoms with Crippen molar-refractivity contribution in [1.82, 2.24) is 0 Å². The van der Waals surface area contributed by atoms with Crippen molar-refractivity contribution < 1.29 is 19.0 Å². The molecule has 0 saturated carbocycles. The molecule has 146 valence electrons. The lowest BCUT2D eigenvalue weighted by molar-refractivity contribution is 0.0974. The van der Waals surface area contributed by atoms with Gasteiger partial charge in [-0.25, -0.2) is 0 Å². The molecule has 1 unspecified atom stereocenters. The predicted octanol–water partition coefficient (Wildman–Crippen LogP) is 4.24. The molecule has 29 heavy (non-hydrogen) atoms. The Kier molecular flexibility index (Phi) is 4.24. The van der Waals surface area contributed by atoms with Crippen molar-refractivity contribution >= 4 is 17.3 Å². The van der Waals surface area contributed by atoms with Crippen molar-refractivity contribution in [2.24, 2.45) is 0 Å². The van der Waals surface area contributed by atoms with Crippen LogP contribution in [0.3, 0.4) is 0 Å². The Morgan fingerprint density at radius 1 is 0.966 bits per heavy atom. The number of anilines is 2. The monoisotopic (exact) mass is 388 g/mol. The Bertz CT molecular complexity index is 1060. The molecule has 0 bridgehead atoms. The Morgan fingerprint density at radius 3 is 2.52 bits per heavy atom. The van der Waals surface area contributed by atoms with Gasteiger partial charge in [0, 0.05) is 11.4 Å². The molecule has 0 radical (unpaired) electrons. The average molecular weight is 388 g/mol. The number of nitrogens with zero attached hydrogens (tertiary/aromatic N) is 1. The third kappa shape index (κ3) is 3.02. The number of rotatable bonds is 3. The van der Waals surface area contributed by atoms with Crippen LogP contribution in [0.25, 0.3) is 0 Å². The number of ether oxygens (including phenoxy) is 3. The van der Waals surface area contributed by atoms with Crippen molar-refractivity contribution in [2.45, 2.75) is 6.17 Å². The summed E-state index contributed by atoms with van der Waals surface area (Å²) < 4.78 is 16.7. The molecule has 3 aromatic carbocycles. The summed E-state index contributed by atoms with van der Waals surface area (Å²) in [5.74, 6) is 2.09. The summed E-state index contributed by atoms with van der Waals surface area (Å²) in [5.41, 5.74) is 3.13. The molecule has 2 aliphatic heterocycles. The molecule has 1 atom stereocenters. The number of carbonyl (C=O) groups is 1. The molecule has 2 aliphatic rings. The molecule has 0 saturated heterocycles. The second-order valence-electron chi connectivity index (χ2n) is 6.87. The topological polar surface area (TPSA) is 60.0 Å². The van der Waals surface area contributed by atoms with E-state index in [0.29, 0.717) is 24.5 Å². The molecule has 0 aliphatic carbocycles. The number of amides is 1. The van der Waals surface area contributed by atoms with Gasteiger partial charge in [-0.2, -0.15) is 0 Å². The van der Waals surface area contributed by atoms with Crippen LogP contribution in [-0.4, -0.2) is 26.2 Å². The lowest BCUT2D eigenvalue weighted by Gasteiger charge is -2.38. The van der Waals surface area contributed by atoms with Gasteiger partial charge in [0.1, 0.15) is 25.1 Å². The summed E-state index contributed by atoms with van der Waals surface area (Å²) in [4.78, 5) is 15.2. The van der Waals surface area contributed by atoms with Crippen LogP contribution in [0.2, 0.25) is 0 Å². The zero-order valence-electron chi connectivity index (χ0n) is 15.9. The summed E-state index contributed by atoms with van der Waals surface area (Å²) in [6.07, 6.45) is -0.387. The minimum Gasteiger partial charge on any atom is -0.497 e. The van der Waals surface area contributed by atoms with Crippen molar-refractivity contribution in [1.29, 1.82) is 0 Å². The van der Waals surface area contributed by atoms with Crippen LogP contribution in [0, 0.1) is 0 Å². The van der Waals surface area contributed by atoms with Crippen LogP contribution in [0.4, 0.5) is 11.4 Å². The van der Waals surface area contributed by atoms with E-state index < -0.39 is 0 Å². The first kappa shape index (κ1) is 17.4. The van der Waals surface area contributed by atoms with Gasteiger partial charge in [-0.05, 0) is 54.1 Å². The third-order valence-electron chi connectivity index (χ3n) is 5.16. The summed E-state index contributed by atoms with van der Waals surface area (Å²) in [7, 11) is 1.62. The van der Waals surface area contributed by atoms with Crippen LogP contribution < -0.4 is 24.4 Å². The number of carbonyl (C=O) groups excluding carboxylic acids is 1. The number of para-hydroxylation sites is 1. The molecule has 1 N–H and O–H groups in total. The predicted molar refractivity (Wildman–Crippen MR) is 110 cm³/mol. The fraction of sp³-hybridized carbons (Fsp3) is 0.174. The summed E-state index contributed by atoms with van der Waals surface area (Å²) in [6.45, 7) is 1.05. The van der Waals surface area contributed by atoms with E-state index in [1.54, 1.807) is 12.0 Å². The minimum absolute atomic E-state index is 0.0654. The molecule has 5 rings (SSSR count). The molecule has 6 nitrogen and oxygen atoms in total. The number of fused-ring (bicyclic) bond motifs is 2. The lowest BCUT2D eigenvalue weighted by atomic mass is 10.0. The van der Waals surface area contributed by atoms with Crippen molar-refractivity contribution in [3.05, 3.63) is 77.9 Å². The second-order valence-corrected chi connectivity index (χ2v) is 6.87. The maximum Gasteiger partial charge on any atom is 0.262 e. The average Bonchev–Trinajstić information content (AvgIpc) is 2.79. The summed E-state index contributed by atoms with van der Waals surface area (Å²) in [6, 6.07) is 20.8. The number of hydrogen-bond donors (Lipinski definition) is 1. The first-order valence-electron chi connectivity index (χ1n) is 9.47. The molecule has 6 heteroatoms. The van der Waals surface area contributed by atoms with Gasteiger partial charge in [0.2, 0.25) is 0 Å². The number of methoxy groups -OCH3 is 1. The Morgan fingerprint density at radius 2 is 1.72 bits per heavy atom. The van der Waals surface area contributed by atoms with Gasteiger partial charge in [0.15, 0.2) is 11.5 Å². The van der Waals surface area contributed by atoms with E-state index in [1.807, 2.05) is 66.7 Å². The number of benzene rings is 3. The van der Waals surface area contributed by atoms with Gasteiger partial charge >= 0.3 is 0 Å². The Hall–Kier alpha value is -3.67. The normalized spacial score (nSPS) is 17.3. The van der Waals surface area contributed by atoms with Crippen LogP contribution >= 0.6 is 0 Å². The zero-order chi connectivity index (χ0) is 19.8. The van der Waals surface area contributed by atoms with Gasteiger partial charge < -0.3 is 19.5 Å². The first-order valence-corrected chi connectivity index (χ1v) is 9.47. The van der Waals surface area contributed by atoms with E-state index in [9.17, 15) is 4.79 Å². The molecule has 0 spiro atoms. The number of hydrogen-bond acceptors (Lipinski definition) is 5. The SMILES string of the molecule is COc1ccc(N2C(=O)c3ccccc3NC2c2ccc3c(c2)OCCO3)cc1. The quantitative estimate of drug-likeness (QED) is 0.727. The minimum atomic E-state index is -0.387. The van der Waals surface area contributed by atoms with E-state index in [4.69, 9.17) is 14.2 Å². The largest absolute Gasteiger partial charge is 0.497 e. The van der Waals surface area contributed by atoms with Gasteiger partial charge in [-0.3, -0.25) is 9.69 Å². The van der Waals surface area contributed by atoms with E-state index in [1.165, 1.54) is 0 Å². The van der Waals surface area contributed by atoms with Crippen LogP contribution in [0.15, 0.2) is 66.7 Å². The van der Waals surface area contributed by atoms with Gasteiger partial charge in [-0.15, -0.1) is 0 Å².